The van der Waals surface area contributed by atoms with Crippen LogP contribution in [0, 0.1) is 0 Å². The molecule has 0 amide bonds. The van der Waals surface area contributed by atoms with Crippen molar-refractivity contribution in [2.45, 2.75) is 5.41 Å². The molecule has 1 aromatic heterocycles. The number of para-hydroxylation sites is 3. The normalized spacial score (nSPS) is 15.6. The molecule has 0 saturated heterocycles. The second-order valence-corrected chi connectivity index (χ2v) is 13.2. The van der Waals surface area contributed by atoms with Gasteiger partial charge in [0, 0.05) is 10.8 Å². The standard InChI is InChI=1S/C47H29N/c1-2-14-33-30(12-1)13-9-17-34(33)31-26-28-32(29-27-31)35-18-10-19-38-36-15-3-5-21-40(36)47(45(35)38)41-22-6-8-25-44(41)48-43-24-7-4-16-37(43)39-20-11-23-42(47)46(39)48/h1-29H. The molecule has 0 bridgehead atoms. The summed E-state index contributed by atoms with van der Waals surface area (Å²) < 4.78 is 2.52. The smallest absolute Gasteiger partial charge is 0.0760 e. The molecular weight excluding hydrogens is 579 g/mol. The van der Waals surface area contributed by atoms with Gasteiger partial charge in [-0.1, -0.05) is 164 Å². The van der Waals surface area contributed by atoms with Crippen molar-refractivity contribution < 1.29 is 0 Å². The van der Waals surface area contributed by atoms with E-state index in [0.29, 0.717) is 0 Å². The third-order valence-corrected chi connectivity index (χ3v) is 11.0. The molecule has 1 aliphatic carbocycles. The van der Waals surface area contributed by atoms with Gasteiger partial charge < -0.3 is 4.57 Å². The summed E-state index contributed by atoms with van der Waals surface area (Å²) in [4.78, 5) is 0. The molecule has 1 heteroatoms. The van der Waals surface area contributed by atoms with E-state index in [9.17, 15) is 0 Å². The molecule has 2 aliphatic rings. The zero-order chi connectivity index (χ0) is 31.4. The molecule has 0 saturated carbocycles. The van der Waals surface area contributed by atoms with Gasteiger partial charge in [-0.3, -0.25) is 0 Å². The SMILES string of the molecule is c1ccc2c(c1)-c1cccc(-c3ccc(-c4cccc5ccccc45)cc3)c1C21c2ccccc2-n2c3ccccc3c3cccc1c32. The van der Waals surface area contributed by atoms with Gasteiger partial charge in [-0.2, -0.15) is 0 Å². The average Bonchev–Trinajstić information content (AvgIpc) is 3.66. The van der Waals surface area contributed by atoms with Gasteiger partial charge in [0.1, 0.15) is 0 Å². The van der Waals surface area contributed by atoms with Gasteiger partial charge in [0.05, 0.1) is 22.1 Å². The lowest BCUT2D eigenvalue weighted by molar-refractivity contribution is 0.750. The van der Waals surface area contributed by atoms with Crippen LogP contribution in [0.5, 0.6) is 0 Å². The number of benzene rings is 8. The lowest BCUT2D eigenvalue weighted by Gasteiger charge is -2.40. The van der Waals surface area contributed by atoms with Gasteiger partial charge in [-0.15, -0.1) is 0 Å². The summed E-state index contributed by atoms with van der Waals surface area (Å²) in [6, 6.07) is 65.5. The fraction of sp³-hybridized carbons (Fsp3) is 0.0213. The Balaban J connectivity index is 1.23. The Hall–Kier alpha value is -6.18. The number of fused-ring (bicyclic) bond motifs is 13. The lowest BCUT2D eigenvalue weighted by atomic mass is 9.64. The molecule has 1 atom stereocenters. The van der Waals surface area contributed by atoms with E-state index in [2.05, 4.69) is 180 Å². The zero-order valence-corrected chi connectivity index (χ0v) is 26.2. The fourth-order valence-corrected chi connectivity index (χ4v) is 9.17. The topological polar surface area (TPSA) is 4.93 Å². The molecule has 11 rings (SSSR count). The van der Waals surface area contributed by atoms with Crippen molar-refractivity contribution in [3.05, 3.63) is 198 Å². The molecule has 8 aromatic carbocycles. The maximum absolute atomic E-state index is 2.52. The van der Waals surface area contributed by atoms with Gasteiger partial charge in [0.25, 0.3) is 0 Å². The predicted octanol–water partition coefficient (Wildman–Crippen LogP) is 11.9. The molecule has 48 heavy (non-hydrogen) atoms. The number of nitrogens with zero attached hydrogens (tertiary/aromatic N) is 1. The maximum Gasteiger partial charge on any atom is 0.0760 e. The Kier molecular flexibility index (Phi) is 5.10. The van der Waals surface area contributed by atoms with E-state index in [0.717, 1.165) is 0 Å². The summed E-state index contributed by atoms with van der Waals surface area (Å²) in [7, 11) is 0. The Bertz CT molecular complexity index is 2770. The zero-order valence-electron chi connectivity index (χ0n) is 26.2. The number of hydrogen-bond acceptors (Lipinski definition) is 0. The molecule has 1 aliphatic heterocycles. The molecule has 1 nitrogen and oxygen atoms in total. The summed E-state index contributed by atoms with van der Waals surface area (Å²) in [6.45, 7) is 0. The molecule has 1 spiro atoms. The molecule has 0 radical (unpaired) electrons. The van der Waals surface area contributed by atoms with Crippen LogP contribution >= 0.6 is 0 Å². The van der Waals surface area contributed by atoms with Crippen LogP contribution in [0.1, 0.15) is 22.3 Å². The molecule has 2 heterocycles. The Labute approximate surface area is 279 Å². The second-order valence-electron chi connectivity index (χ2n) is 13.2. The van der Waals surface area contributed by atoms with E-state index in [1.54, 1.807) is 0 Å². The van der Waals surface area contributed by atoms with Crippen molar-refractivity contribution in [1.29, 1.82) is 0 Å². The maximum atomic E-state index is 2.52. The number of aromatic nitrogens is 1. The van der Waals surface area contributed by atoms with Crippen LogP contribution in [-0.4, -0.2) is 4.57 Å². The van der Waals surface area contributed by atoms with Crippen LogP contribution in [0.3, 0.4) is 0 Å². The van der Waals surface area contributed by atoms with Gasteiger partial charge in [-0.05, 0) is 78.5 Å². The summed E-state index contributed by atoms with van der Waals surface area (Å²) in [6.07, 6.45) is 0. The quantitative estimate of drug-likeness (QED) is 0.184. The third kappa shape index (κ3) is 3.16. The first kappa shape index (κ1) is 25.9. The van der Waals surface area contributed by atoms with E-state index in [1.807, 2.05) is 0 Å². The van der Waals surface area contributed by atoms with Gasteiger partial charge in [0.2, 0.25) is 0 Å². The van der Waals surface area contributed by atoms with E-state index >= 15 is 0 Å². The number of hydrogen-bond donors (Lipinski definition) is 0. The molecule has 1 unspecified atom stereocenters. The third-order valence-electron chi connectivity index (χ3n) is 11.0. The van der Waals surface area contributed by atoms with Crippen molar-refractivity contribution in [3.8, 4) is 39.1 Å². The molecular formula is C47H29N. The van der Waals surface area contributed by atoms with Crippen LogP contribution in [0.25, 0.3) is 71.6 Å². The Morgan fingerprint density at radius 1 is 0.354 bits per heavy atom. The second kappa shape index (κ2) is 9.44. The van der Waals surface area contributed by atoms with Crippen LogP contribution in [0.2, 0.25) is 0 Å². The molecule has 0 N–H and O–H groups in total. The van der Waals surface area contributed by atoms with E-state index in [-0.39, 0.29) is 0 Å². The highest BCUT2D eigenvalue weighted by Gasteiger charge is 2.51. The lowest BCUT2D eigenvalue weighted by Crippen LogP contribution is -2.34. The summed E-state index contributed by atoms with van der Waals surface area (Å²) in [5, 5.41) is 5.15. The van der Waals surface area contributed by atoms with E-state index in [1.165, 1.54) is 93.9 Å². The Morgan fingerprint density at radius 3 is 1.81 bits per heavy atom. The highest BCUT2D eigenvalue weighted by Crippen LogP contribution is 2.62. The van der Waals surface area contributed by atoms with Crippen LogP contribution in [-0.2, 0) is 5.41 Å². The largest absolute Gasteiger partial charge is 0.309 e. The minimum Gasteiger partial charge on any atom is -0.309 e. The van der Waals surface area contributed by atoms with Crippen molar-refractivity contribution in [3.63, 3.8) is 0 Å². The van der Waals surface area contributed by atoms with Crippen LogP contribution < -0.4 is 0 Å². The number of rotatable bonds is 2. The monoisotopic (exact) mass is 607 g/mol. The first-order chi connectivity index (χ1) is 23.8. The van der Waals surface area contributed by atoms with Gasteiger partial charge in [0.15, 0.2) is 0 Å². The van der Waals surface area contributed by atoms with Gasteiger partial charge in [-0.25, -0.2) is 0 Å². The Morgan fingerprint density at radius 2 is 0.917 bits per heavy atom. The first-order valence-corrected chi connectivity index (χ1v) is 16.8. The van der Waals surface area contributed by atoms with Crippen molar-refractivity contribution in [2.75, 3.05) is 0 Å². The van der Waals surface area contributed by atoms with Crippen molar-refractivity contribution in [1.82, 2.24) is 4.57 Å². The fourth-order valence-electron chi connectivity index (χ4n) is 9.17. The molecule has 0 fully saturated rings. The summed E-state index contributed by atoms with van der Waals surface area (Å²) in [5.74, 6) is 0. The minimum absolute atomic E-state index is 0.475. The van der Waals surface area contributed by atoms with Crippen LogP contribution in [0.15, 0.2) is 176 Å². The first-order valence-electron chi connectivity index (χ1n) is 16.8. The van der Waals surface area contributed by atoms with E-state index in [4.69, 9.17) is 0 Å². The summed E-state index contributed by atoms with van der Waals surface area (Å²) in [5.41, 5.74) is 16.4. The predicted molar refractivity (Wildman–Crippen MR) is 200 cm³/mol. The summed E-state index contributed by atoms with van der Waals surface area (Å²) >= 11 is 0. The van der Waals surface area contributed by atoms with Crippen LogP contribution in [0.4, 0.5) is 0 Å². The highest BCUT2D eigenvalue weighted by atomic mass is 15.0. The van der Waals surface area contributed by atoms with Crippen molar-refractivity contribution >= 4 is 32.6 Å². The molecule has 222 valence electrons. The van der Waals surface area contributed by atoms with Gasteiger partial charge >= 0.3 is 0 Å². The van der Waals surface area contributed by atoms with Crippen molar-refractivity contribution in [2.24, 2.45) is 0 Å². The minimum atomic E-state index is -0.475. The molecule has 9 aromatic rings. The average molecular weight is 608 g/mol. The van der Waals surface area contributed by atoms with E-state index < -0.39 is 5.41 Å². The highest BCUT2D eigenvalue weighted by molar-refractivity contribution is 6.13.